The molecule has 0 aromatic rings. The van der Waals surface area contributed by atoms with Crippen LogP contribution in [0.25, 0.3) is 0 Å². The highest BCUT2D eigenvalue weighted by molar-refractivity contribution is 5.87. The van der Waals surface area contributed by atoms with Crippen LogP contribution in [0.2, 0.25) is 0 Å². The Morgan fingerprint density at radius 1 is 1.31 bits per heavy atom. The maximum atomic E-state index is 11.9. The number of likely N-dealkylation sites (N-methyl/N-ethyl adjacent to an activating group) is 1. The molecule has 2 amide bonds. The van der Waals surface area contributed by atoms with E-state index in [9.17, 15) is 9.59 Å². The first kappa shape index (κ1) is 13.0. The summed E-state index contributed by atoms with van der Waals surface area (Å²) in [5.41, 5.74) is -0.322. The minimum atomic E-state index is -0.322. The zero-order chi connectivity index (χ0) is 12.2. The number of hydrogen-bond donors (Lipinski definition) is 2. The summed E-state index contributed by atoms with van der Waals surface area (Å²) in [5, 5.41) is 5.94. The van der Waals surface area contributed by atoms with Gasteiger partial charge in [-0.05, 0) is 25.9 Å². The lowest BCUT2D eigenvalue weighted by molar-refractivity contribution is -0.135. The Hall–Kier alpha value is -1.10. The lowest BCUT2D eigenvalue weighted by atomic mass is 9.80. The minimum Gasteiger partial charge on any atom is -0.347 e. The van der Waals surface area contributed by atoms with Crippen LogP contribution < -0.4 is 10.6 Å². The monoisotopic (exact) mass is 227 g/mol. The average molecular weight is 227 g/mol. The van der Waals surface area contributed by atoms with Crippen LogP contribution in [-0.4, -0.2) is 50.4 Å². The summed E-state index contributed by atoms with van der Waals surface area (Å²) < 4.78 is 0. The van der Waals surface area contributed by atoms with Crippen molar-refractivity contribution in [3.63, 3.8) is 0 Å². The van der Waals surface area contributed by atoms with Gasteiger partial charge in [-0.2, -0.15) is 0 Å². The molecule has 0 saturated carbocycles. The molecule has 1 aliphatic rings. The molecule has 2 N–H and O–H groups in total. The molecule has 0 unspecified atom stereocenters. The number of nitrogens with zero attached hydrogens (tertiary/aromatic N) is 1. The fourth-order valence-electron chi connectivity index (χ4n) is 1.73. The zero-order valence-corrected chi connectivity index (χ0v) is 10.3. The molecule has 1 heterocycles. The minimum absolute atomic E-state index is 0.01000. The van der Waals surface area contributed by atoms with Crippen LogP contribution in [0.3, 0.4) is 0 Å². The van der Waals surface area contributed by atoms with Gasteiger partial charge in [-0.25, -0.2) is 0 Å². The summed E-state index contributed by atoms with van der Waals surface area (Å²) in [7, 11) is 3.36. The Balaban J connectivity index is 2.42. The highest BCUT2D eigenvalue weighted by Gasteiger charge is 2.34. The van der Waals surface area contributed by atoms with Gasteiger partial charge >= 0.3 is 0 Å². The molecule has 0 atom stereocenters. The molecule has 1 rings (SSSR count). The van der Waals surface area contributed by atoms with Crippen molar-refractivity contribution >= 4 is 11.8 Å². The van der Waals surface area contributed by atoms with Gasteiger partial charge in [-0.1, -0.05) is 6.92 Å². The van der Waals surface area contributed by atoms with Gasteiger partial charge < -0.3 is 15.5 Å². The van der Waals surface area contributed by atoms with E-state index >= 15 is 0 Å². The van der Waals surface area contributed by atoms with Crippen LogP contribution in [0.4, 0.5) is 0 Å². The molecular formula is C11H21N3O2. The molecule has 5 nitrogen and oxygen atoms in total. The third kappa shape index (κ3) is 3.20. The first-order chi connectivity index (χ1) is 7.46. The summed E-state index contributed by atoms with van der Waals surface area (Å²) in [6, 6.07) is 0. The van der Waals surface area contributed by atoms with Gasteiger partial charge in [0.15, 0.2) is 0 Å². The Morgan fingerprint density at radius 2 is 1.88 bits per heavy atom. The van der Waals surface area contributed by atoms with E-state index < -0.39 is 0 Å². The Bertz CT molecular complexity index is 270. The molecule has 0 spiro atoms. The number of nitrogens with one attached hydrogen (secondary N) is 2. The largest absolute Gasteiger partial charge is 0.347 e. The molecular weight excluding hydrogens is 206 g/mol. The first-order valence-electron chi connectivity index (χ1n) is 5.65. The van der Waals surface area contributed by atoms with Crippen molar-refractivity contribution in [3.05, 3.63) is 0 Å². The predicted molar refractivity (Wildman–Crippen MR) is 61.9 cm³/mol. The molecule has 5 heteroatoms. The van der Waals surface area contributed by atoms with Gasteiger partial charge in [0.05, 0.1) is 6.54 Å². The van der Waals surface area contributed by atoms with Crippen molar-refractivity contribution in [2.75, 3.05) is 33.7 Å². The maximum absolute atomic E-state index is 11.9. The van der Waals surface area contributed by atoms with E-state index in [4.69, 9.17) is 0 Å². The summed E-state index contributed by atoms with van der Waals surface area (Å²) in [5.74, 6) is -0.0879. The van der Waals surface area contributed by atoms with Crippen LogP contribution in [-0.2, 0) is 9.59 Å². The van der Waals surface area contributed by atoms with Crippen molar-refractivity contribution in [2.24, 2.45) is 5.41 Å². The third-order valence-electron chi connectivity index (χ3n) is 3.15. The molecule has 92 valence electrons. The fourth-order valence-corrected chi connectivity index (χ4v) is 1.73. The number of piperidine rings is 1. The molecule has 1 fully saturated rings. The Labute approximate surface area is 96.6 Å². The maximum Gasteiger partial charge on any atom is 0.241 e. The van der Waals surface area contributed by atoms with E-state index in [1.807, 2.05) is 6.92 Å². The van der Waals surface area contributed by atoms with Crippen LogP contribution in [0.5, 0.6) is 0 Å². The Morgan fingerprint density at radius 3 is 2.38 bits per heavy atom. The van der Waals surface area contributed by atoms with Crippen molar-refractivity contribution in [1.29, 1.82) is 0 Å². The van der Waals surface area contributed by atoms with E-state index in [1.165, 1.54) is 4.90 Å². The van der Waals surface area contributed by atoms with E-state index in [1.54, 1.807) is 14.1 Å². The number of rotatable bonds is 3. The quantitative estimate of drug-likeness (QED) is 0.688. The van der Waals surface area contributed by atoms with Gasteiger partial charge in [-0.15, -0.1) is 0 Å². The van der Waals surface area contributed by atoms with Crippen molar-refractivity contribution < 1.29 is 9.59 Å². The van der Waals surface area contributed by atoms with Crippen LogP contribution >= 0.6 is 0 Å². The number of hydrogen-bond acceptors (Lipinski definition) is 3. The first-order valence-corrected chi connectivity index (χ1v) is 5.65. The van der Waals surface area contributed by atoms with E-state index in [-0.39, 0.29) is 23.8 Å². The lowest BCUT2D eigenvalue weighted by Gasteiger charge is -2.32. The van der Waals surface area contributed by atoms with Crippen LogP contribution in [0.15, 0.2) is 0 Å². The summed E-state index contributed by atoms with van der Waals surface area (Å²) >= 11 is 0. The molecule has 0 aromatic carbocycles. The summed E-state index contributed by atoms with van der Waals surface area (Å²) in [6.45, 7) is 3.79. The molecule has 0 aromatic heterocycles. The van der Waals surface area contributed by atoms with Gasteiger partial charge in [-0.3, -0.25) is 9.59 Å². The topological polar surface area (TPSA) is 61.4 Å². The van der Waals surface area contributed by atoms with E-state index in [2.05, 4.69) is 10.6 Å². The molecule has 0 bridgehead atoms. The van der Waals surface area contributed by atoms with Crippen molar-refractivity contribution in [1.82, 2.24) is 15.5 Å². The second-order valence-electron chi connectivity index (χ2n) is 4.78. The second kappa shape index (κ2) is 5.30. The zero-order valence-electron chi connectivity index (χ0n) is 10.3. The van der Waals surface area contributed by atoms with Crippen LogP contribution in [0.1, 0.15) is 19.8 Å². The third-order valence-corrected chi connectivity index (χ3v) is 3.15. The average Bonchev–Trinajstić information content (AvgIpc) is 2.26. The van der Waals surface area contributed by atoms with Gasteiger partial charge in [0.2, 0.25) is 11.8 Å². The van der Waals surface area contributed by atoms with Gasteiger partial charge in [0.1, 0.15) is 0 Å². The summed E-state index contributed by atoms with van der Waals surface area (Å²) in [6.07, 6.45) is 1.66. The molecule has 1 aliphatic heterocycles. The predicted octanol–water partition coefficient (Wildman–Crippen LogP) is -0.419. The fraction of sp³-hybridized carbons (Fsp3) is 0.818. The highest BCUT2D eigenvalue weighted by atomic mass is 16.2. The van der Waals surface area contributed by atoms with Crippen LogP contribution in [0, 0.1) is 5.41 Å². The Kier molecular flexibility index (Phi) is 4.29. The number of carbonyl (C=O) groups excluding carboxylic acids is 2. The number of carbonyl (C=O) groups is 2. The van der Waals surface area contributed by atoms with E-state index in [0.717, 1.165) is 25.9 Å². The van der Waals surface area contributed by atoms with Crippen molar-refractivity contribution in [2.45, 2.75) is 19.8 Å². The van der Waals surface area contributed by atoms with Gasteiger partial charge in [0, 0.05) is 19.5 Å². The standard InChI is InChI=1S/C11H21N3O2/c1-11(4-6-12-7-5-11)10(16)13-8-9(15)14(2)3/h12H,4-8H2,1-3H3,(H,13,16). The lowest BCUT2D eigenvalue weighted by Crippen LogP contribution is -2.48. The molecule has 1 saturated heterocycles. The molecule has 16 heavy (non-hydrogen) atoms. The smallest absolute Gasteiger partial charge is 0.241 e. The summed E-state index contributed by atoms with van der Waals surface area (Å²) in [4.78, 5) is 24.7. The highest BCUT2D eigenvalue weighted by Crippen LogP contribution is 2.27. The van der Waals surface area contributed by atoms with Gasteiger partial charge in [0.25, 0.3) is 0 Å². The molecule has 0 radical (unpaired) electrons. The molecule has 0 aliphatic carbocycles. The van der Waals surface area contributed by atoms with Crippen molar-refractivity contribution in [3.8, 4) is 0 Å². The normalized spacial score (nSPS) is 18.9. The van der Waals surface area contributed by atoms with E-state index in [0.29, 0.717) is 0 Å². The number of amides is 2. The SMILES string of the molecule is CN(C)C(=O)CNC(=O)C1(C)CCNCC1. The second-order valence-corrected chi connectivity index (χ2v) is 4.78.